The average molecular weight is 265 g/mol. The molecule has 0 aliphatic carbocycles. The van der Waals surface area contributed by atoms with Gasteiger partial charge in [-0.3, -0.25) is 4.79 Å². The number of amides is 1. The first kappa shape index (κ1) is 13.4. The molecule has 0 saturated carbocycles. The second-order valence-electron chi connectivity index (χ2n) is 4.70. The number of rotatable bonds is 5. The van der Waals surface area contributed by atoms with Crippen LogP contribution in [0.4, 0.5) is 0 Å². The summed E-state index contributed by atoms with van der Waals surface area (Å²) >= 11 is 1.65. The summed E-state index contributed by atoms with van der Waals surface area (Å²) in [4.78, 5) is 13.2. The van der Waals surface area contributed by atoms with E-state index in [2.05, 4.69) is 17.4 Å². The van der Waals surface area contributed by atoms with Gasteiger partial charge in [0.15, 0.2) is 0 Å². The summed E-state index contributed by atoms with van der Waals surface area (Å²) < 4.78 is 0. The van der Waals surface area contributed by atoms with Crippen molar-refractivity contribution in [3.8, 4) is 0 Å². The van der Waals surface area contributed by atoms with E-state index >= 15 is 0 Å². The summed E-state index contributed by atoms with van der Waals surface area (Å²) in [5.74, 6) is 0.113. The zero-order chi connectivity index (χ0) is 13.0. The first-order valence-electron chi connectivity index (χ1n) is 6.37. The minimum Gasteiger partial charge on any atom is -0.393 e. The minimum absolute atomic E-state index is 0.00829. The van der Waals surface area contributed by atoms with Gasteiger partial charge in [-0.05, 0) is 37.8 Å². The third-order valence-corrected chi connectivity index (χ3v) is 4.35. The molecule has 1 heterocycles. The van der Waals surface area contributed by atoms with Gasteiger partial charge in [0.2, 0.25) is 5.91 Å². The van der Waals surface area contributed by atoms with Gasteiger partial charge < -0.3 is 10.4 Å². The van der Waals surface area contributed by atoms with E-state index in [0.717, 1.165) is 19.3 Å². The summed E-state index contributed by atoms with van der Waals surface area (Å²) in [6.07, 6.45) is 2.10. The van der Waals surface area contributed by atoms with Crippen molar-refractivity contribution in [1.82, 2.24) is 5.32 Å². The van der Waals surface area contributed by atoms with Gasteiger partial charge in [-0.15, -0.1) is 11.8 Å². The molecule has 1 aromatic carbocycles. The van der Waals surface area contributed by atoms with Crippen molar-refractivity contribution < 1.29 is 9.90 Å². The summed E-state index contributed by atoms with van der Waals surface area (Å²) in [6.45, 7) is 2.42. The molecule has 2 N–H and O–H groups in total. The zero-order valence-electron chi connectivity index (χ0n) is 10.6. The van der Waals surface area contributed by atoms with Gasteiger partial charge in [0.25, 0.3) is 0 Å². The molecular weight excluding hydrogens is 246 g/mol. The molecule has 2 atom stereocenters. The molecule has 1 aliphatic heterocycles. The van der Waals surface area contributed by atoms with Crippen molar-refractivity contribution in [1.29, 1.82) is 0 Å². The number of hydrogen-bond donors (Lipinski definition) is 2. The summed E-state index contributed by atoms with van der Waals surface area (Å²) in [5.41, 5.74) is 1.27. The predicted octanol–water partition coefficient (Wildman–Crippen LogP) is 1.98. The van der Waals surface area contributed by atoms with E-state index in [-0.39, 0.29) is 17.3 Å². The molecule has 1 aliphatic rings. The molecule has 4 heteroatoms. The lowest BCUT2D eigenvalue weighted by molar-refractivity contribution is -0.120. The van der Waals surface area contributed by atoms with Crippen molar-refractivity contribution in [2.75, 3.05) is 6.54 Å². The van der Waals surface area contributed by atoms with Crippen molar-refractivity contribution in [2.24, 2.45) is 0 Å². The molecule has 18 heavy (non-hydrogen) atoms. The number of thioether (sulfide) groups is 1. The molecule has 0 spiro atoms. The van der Waals surface area contributed by atoms with Gasteiger partial charge in [-0.2, -0.15) is 0 Å². The number of carbonyl (C=O) groups is 1. The molecule has 2 rings (SSSR count). The van der Waals surface area contributed by atoms with E-state index < -0.39 is 0 Å². The quantitative estimate of drug-likeness (QED) is 0.800. The Balaban J connectivity index is 1.76. The fourth-order valence-corrected chi connectivity index (χ4v) is 3.27. The Morgan fingerprint density at radius 2 is 2.33 bits per heavy atom. The second kappa shape index (κ2) is 6.25. The molecule has 98 valence electrons. The van der Waals surface area contributed by atoms with Crippen LogP contribution in [0.5, 0.6) is 0 Å². The highest BCUT2D eigenvalue weighted by atomic mass is 32.2. The maximum absolute atomic E-state index is 12.0. The molecule has 1 aromatic rings. The van der Waals surface area contributed by atoms with Gasteiger partial charge in [-0.25, -0.2) is 0 Å². The lowest BCUT2D eigenvalue weighted by atomic mass is 10.1. The first-order valence-corrected chi connectivity index (χ1v) is 7.25. The van der Waals surface area contributed by atoms with E-state index in [1.807, 2.05) is 12.1 Å². The fraction of sp³-hybridized carbons (Fsp3) is 0.500. The van der Waals surface area contributed by atoms with Gasteiger partial charge >= 0.3 is 0 Å². The maximum atomic E-state index is 12.0. The van der Waals surface area contributed by atoms with Gasteiger partial charge in [0.05, 0.1) is 11.4 Å². The van der Waals surface area contributed by atoms with Crippen LogP contribution < -0.4 is 5.32 Å². The summed E-state index contributed by atoms with van der Waals surface area (Å²) in [7, 11) is 0. The smallest absolute Gasteiger partial charge is 0.233 e. The number of hydrogen-bond acceptors (Lipinski definition) is 3. The number of aliphatic hydroxyl groups is 1. The second-order valence-corrected chi connectivity index (χ2v) is 5.95. The molecule has 3 nitrogen and oxygen atoms in total. The van der Waals surface area contributed by atoms with Gasteiger partial charge in [-0.1, -0.05) is 18.2 Å². The topological polar surface area (TPSA) is 49.3 Å². The molecule has 1 amide bonds. The maximum Gasteiger partial charge on any atom is 0.233 e. The van der Waals surface area contributed by atoms with E-state index in [9.17, 15) is 4.79 Å². The Morgan fingerprint density at radius 1 is 1.56 bits per heavy atom. The monoisotopic (exact) mass is 265 g/mol. The normalized spacial score (nSPS) is 19.3. The zero-order valence-corrected chi connectivity index (χ0v) is 11.4. The molecule has 0 saturated heterocycles. The Bertz CT molecular complexity index is 395. The van der Waals surface area contributed by atoms with Crippen LogP contribution in [-0.2, 0) is 11.2 Å². The fourth-order valence-electron chi connectivity index (χ4n) is 2.05. The summed E-state index contributed by atoms with van der Waals surface area (Å²) in [6, 6.07) is 8.18. The lowest BCUT2D eigenvalue weighted by Crippen LogP contribution is -2.33. The van der Waals surface area contributed by atoms with Crippen LogP contribution in [0, 0.1) is 0 Å². The van der Waals surface area contributed by atoms with Crippen LogP contribution in [0.15, 0.2) is 29.2 Å². The number of carbonyl (C=O) groups excluding carboxylic acids is 1. The molecule has 2 unspecified atom stereocenters. The SMILES string of the molecule is CC(O)CCCNC(=O)C1Cc2ccccc2S1. The number of fused-ring (bicyclic) bond motifs is 1. The van der Waals surface area contributed by atoms with Crippen LogP contribution in [0.2, 0.25) is 0 Å². The molecule has 0 bridgehead atoms. The highest BCUT2D eigenvalue weighted by Crippen LogP contribution is 2.36. The molecule has 0 aromatic heterocycles. The van der Waals surface area contributed by atoms with Crippen molar-refractivity contribution in [2.45, 2.75) is 42.4 Å². The van der Waals surface area contributed by atoms with Crippen LogP contribution in [0.1, 0.15) is 25.3 Å². The van der Waals surface area contributed by atoms with E-state index in [0.29, 0.717) is 6.54 Å². The van der Waals surface area contributed by atoms with Crippen LogP contribution in [0.3, 0.4) is 0 Å². The highest BCUT2D eigenvalue weighted by Gasteiger charge is 2.27. The lowest BCUT2D eigenvalue weighted by Gasteiger charge is -2.10. The Labute approximate surface area is 112 Å². The highest BCUT2D eigenvalue weighted by molar-refractivity contribution is 8.01. The van der Waals surface area contributed by atoms with Crippen molar-refractivity contribution >= 4 is 17.7 Å². The standard InChI is InChI=1S/C14H19NO2S/c1-10(16)5-4-8-15-14(17)13-9-11-6-2-3-7-12(11)18-13/h2-3,6-7,10,13,16H,4-5,8-9H2,1H3,(H,15,17). The molecular formula is C14H19NO2S. The van der Waals surface area contributed by atoms with Crippen LogP contribution in [0.25, 0.3) is 0 Å². The largest absolute Gasteiger partial charge is 0.393 e. The van der Waals surface area contributed by atoms with Crippen molar-refractivity contribution in [3.05, 3.63) is 29.8 Å². The summed E-state index contributed by atoms with van der Waals surface area (Å²) in [5, 5.41) is 12.1. The van der Waals surface area contributed by atoms with Gasteiger partial charge in [0, 0.05) is 11.4 Å². The minimum atomic E-state index is -0.285. The third-order valence-electron chi connectivity index (χ3n) is 3.04. The predicted molar refractivity (Wildman–Crippen MR) is 73.7 cm³/mol. The number of benzene rings is 1. The Kier molecular flexibility index (Phi) is 4.66. The Morgan fingerprint density at radius 3 is 3.06 bits per heavy atom. The van der Waals surface area contributed by atoms with Crippen LogP contribution in [-0.4, -0.2) is 28.9 Å². The van der Waals surface area contributed by atoms with Crippen LogP contribution >= 0.6 is 11.8 Å². The van der Waals surface area contributed by atoms with E-state index in [1.165, 1.54) is 10.5 Å². The number of nitrogens with one attached hydrogen (secondary N) is 1. The molecule has 0 fully saturated rings. The number of aliphatic hydroxyl groups excluding tert-OH is 1. The van der Waals surface area contributed by atoms with Gasteiger partial charge in [0.1, 0.15) is 0 Å². The third kappa shape index (κ3) is 3.50. The first-order chi connectivity index (χ1) is 8.66. The van der Waals surface area contributed by atoms with Crippen molar-refractivity contribution in [3.63, 3.8) is 0 Å². The van der Waals surface area contributed by atoms with E-state index in [4.69, 9.17) is 5.11 Å². The Hall–Kier alpha value is -1.00. The molecule has 0 radical (unpaired) electrons. The average Bonchev–Trinajstić information content (AvgIpc) is 2.78. The van der Waals surface area contributed by atoms with E-state index in [1.54, 1.807) is 18.7 Å².